The Kier molecular flexibility index (Phi) is 3.85. The Balaban J connectivity index is 1.73. The number of rotatable bonds is 4. The fourth-order valence-electron chi connectivity index (χ4n) is 2.83. The summed E-state index contributed by atoms with van der Waals surface area (Å²) in [6, 6.07) is 17.1. The summed E-state index contributed by atoms with van der Waals surface area (Å²) in [5.41, 5.74) is 2.85. The van der Waals surface area contributed by atoms with E-state index < -0.39 is 5.97 Å². The maximum Gasteiger partial charge on any atom is 0.337 e. The van der Waals surface area contributed by atoms with Crippen molar-refractivity contribution in [1.29, 1.82) is 0 Å². The second kappa shape index (κ2) is 6.33. The molecule has 130 valence electrons. The molecule has 1 aliphatic heterocycles. The Morgan fingerprint density at radius 2 is 1.73 bits per heavy atom. The first-order valence-electron chi connectivity index (χ1n) is 7.93. The van der Waals surface area contributed by atoms with Gasteiger partial charge in [-0.05, 0) is 47.5 Å². The zero-order chi connectivity index (χ0) is 18.1. The standard InChI is InChI=1S/C20H15NO5/c22-15-3-1-2-12(8-15)13-4-6-16(20(23)24)17(9-13)21-14-5-7-18-19(10-14)26-11-25-18/h1-10,21-22H,11H2,(H,23,24). The zero-order valence-corrected chi connectivity index (χ0v) is 13.6. The third-order valence-corrected chi connectivity index (χ3v) is 4.08. The van der Waals surface area contributed by atoms with Crippen LogP contribution in [0.3, 0.4) is 0 Å². The predicted octanol–water partition coefficient (Wildman–Crippen LogP) is 4.23. The van der Waals surface area contributed by atoms with Crippen LogP contribution in [0.2, 0.25) is 0 Å². The van der Waals surface area contributed by atoms with Gasteiger partial charge in [-0.2, -0.15) is 0 Å². The van der Waals surface area contributed by atoms with Gasteiger partial charge < -0.3 is 25.0 Å². The van der Waals surface area contributed by atoms with E-state index in [1.807, 2.05) is 6.07 Å². The van der Waals surface area contributed by atoms with Gasteiger partial charge in [-0.3, -0.25) is 0 Å². The number of benzene rings is 3. The van der Waals surface area contributed by atoms with Crippen molar-refractivity contribution < 1.29 is 24.5 Å². The van der Waals surface area contributed by atoms with Crippen molar-refractivity contribution in [2.24, 2.45) is 0 Å². The number of carbonyl (C=O) groups is 1. The van der Waals surface area contributed by atoms with Gasteiger partial charge in [0, 0.05) is 11.8 Å². The van der Waals surface area contributed by atoms with Gasteiger partial charge in [0.2, 0.25) is 6.79 Å². The lowest BCUT2D eigenvalue weighted by atomic mass is 10.0. The summed E-state index contributed by atoms with van der Waals surface area (Å²) in [6.07, 6.45) is 0. The molecule has 0 saturated heterocycles. The number of phenols is 1. The number of anilines is 2. The van der Waals surface area contributed by atoms with E-state index in [1.165, 1.54) is 6.07 Å². The Morgan fingerprint density at radius 1 is 0.923 bits per heavy atom. The van der Waals surface area contributed by atoms with Gasteiger partial charge in [-0.1, -0.05) is 18.2 Å². The molecule has 6 nitrogen and oxygen atoms in total. The van der Waals surface area contributed by atoms with E-state index in [0.29, 0.717) is 22.9 Å². The van der Waals surface area contributed by atoms with Crippen LogP contribution in [0.25, 0.3) is 11.1 Å². The van der Waals surface area contributed by atoms with Crippen molar-refractivity contribution in [3.63, 3.8) is 0 Å². The minimum Gasteiger partial charge on any atom is -0.508 e. The smallest absolute Gasteiger partial charge is 0.337 e. The quantitative estimate of drug-likeness (QED) is 0.653. The van der Waals surface area contributed by atoms with E-state index in [9.17, 15) is 15.0 Å². The molecular formula is C20H15NO5. The van der Waals surface area contributed by atoms with Crippen LogP contribution in [-0.4, -0.2) is 23.0 Å². The highest BCUT2D eigenvalue weighted by Crippen LogP contribution is 2.36. The SMILES string of the molecule is O=C(O)c1ccc(-c2cccc(O)c2)cc1Nc1ccc2c(c1)OCO2. The van der Waals surface area contributed by atoms with E-state index in [4.69, 9.17) is 9.47 Å². The van der Waals surface area contributed by atoms with Crippen LogP contribution >= 0.6 is 0 Å². The molecule has 3 aromatic carbocycles. The molecule has 0 spiro atoms. The highest BCUT2D eigenvalue weighted by atomic mass is 16.7. The molecule has 0 aliphatic carbocycles. The molecule has 0 atom stereocenters. The first-order chi connectivity index (χ1) is 12.6. The normalized spacial score (nSPS) is 12.0. The Bertz CT molecular complexity index is 999. The largest absolute Gasteiger partial charge is 0.508 e. The van der Waals surface area contributed by atoms with Crippen LogP contribution in [0, 0.1) is 0 Å². The zero-order valence-electron chi connectivity index (χ0n) is 13.6. The first-order valence-corrected chi connectivity index (χ1v) is 7.93. The van der Waals surface area contributed by atoms with Crippen molar-refractivity contribution in [2.75, 3.05) is 12.1 Å². The summed E-state index contributed by atoms with van der Waals surface area (Å²) in [7, 11) is 0. The number of nitrogens with one attached hydrogen (secondary N) is 1. The van der Waals surface area contributed by atoms with Crippen LogP contribution in [-0.2, 0) is 0 Å². The number of aromatic hydroxyl groups is 1. The molecular weight excluding hydrogens is 334 g/mol. The lowest BCUT2D eigenvalue weighted by molar-refractivity contribution is 0.0698. The number of phenolic OH excluding ortho intramolecular Hbond substituents is 1. The maximum absolute atomic E-state index is 11.6. The molecule has 0 aromatic heterocycles. The second-order valence-electron chi connectivity index (χ2n) is 5.81. The van der Waals surface area contributed by atoms with E-state index in [1.54, 1.807) is 48.5 Å². The number of fused-ring (bicyclic) bond motifs is 1. The molecule has 4 rings (SSSR count). The van der Waals surface area contributed by atoms with Crippen LogP contribution in [0.5, 0.6) is 17.2 Å². The van der Waals surface area contributed by atoms with Gasteiger partial charge >= 0.3 is 5.97 Å². The van der Waals surface area contributed by atoms with Gasteiger partial charge in [0.15, 0.2) is 11.5 Å². The van der Waals surface area contributed by atoms with Crippen molar-refractivity contribution in [1.82, 2.24) is 0 Å². The summed E-state index contributed by atoms with van der Waals surface area (Å²) in [5, 5.41) is 22.3. The topological polar surface area (TPSA) is 88.0 Å². The average molecular weight is 349 g/mol. The summed E-state index contributed by atoms with van der Waals surface area (Å²) in [5.74, 6) is 0.379. The Labute approximate surface area is 149 Å². The second-order valence-corrected chi connectivity index (χ2v) is 5.81. The molecule has 0 bridgehead atoms. The molecule has 0 fully saturated rings. The summed E-state index contributed by atoms with van der Waals surface area (Å²) in [4.78, 5) is 11.6. The third kappa shape index (κ3) is 3.00. The molecule has 26 heavy (non-hydrogen) atoms. The predicted molar refractivity (Wildman–Crippen MR) is 96.3 cm³/mol. The maximum atomic E-state index is 11.6. The monoisotopic (exact) mass is 349 g/mol. The van der Waals surface area contributed by atoms with Gasteiger partial charge in [-0.15, -0.1) is 0 Å². The fourth-order valence-corrected chi connectivity index (χ4v) is 2.83. The number of hydrogen-bond acceptors (Lipinski definition) is 5. The van der Waals surface area contributed by atoms with Crippen molar-refractivity contribution in [3.05, 3.63) is 66.2 Å². The lowest BCUT2D eigenvalue weighted by Gasteiger charge is -2.13. The Morgan fingerprint density at radius 3 is 2.54 bits per heavy atom. The molecule has 1 aliphatic rings. The third-order valence-electron chi connectivity index (χ3n) is 4.08. The molecule has 0 saturated carbocycles. The molecule has 3 aromatic rings. The van der Waals surface area contributed by atoms with Crippen molar-refractivity contribution >= 4 is 17.3 Å². The molecule has 0 amide bonds. The van der Waals surface area contributed by atoms with E-state index >= 15 is 0 Å². The molecule has 3 N–H and O–H groups in total. The van der Waals surface area contributed by atoms with Crippen LogP contribution in [0.1, 0.15) is 10.4 Å². The van der Waals surface area contributed by atoms with Gasteiger partial charge in [0.25, 0.3) is 0 Å². The van der Waals surface area contributed by atoms with Crippen molar-refractivity contribution in [2.45, 2.75) is 0 Å². The van der Waals surface area contributed by atoms with Crippen LogP contribution in [0.15, 0.2) is 60.7 Å². The minimum absolute atomic E-state index is 0.145. The van der Waals surface area contributed by atoms with E-state index in [2.05, 4.69) is 5.32 Å². The van der Waals surface area contributed by atoms with Crippen LogP contribution in [0.4, 0.5) is 11.4 Å². The summed E-state index contributed by atoms with van der Waals surface area (Å²) >= 11 is 0. The molecule has 6 heteroatoms. The van der Waals surface area contributed by atoms with Gasteiger partial charge in [-0.25, -0.2) is 4.79 Å². The Hall–Kier alpha value is -3.67. The van der Waals surface area contributed by atoms with Crippen molar-refractivity contribution in [3.8, 4) is 28.4 Å². The van der Waals surface area contributed by atoms with E-state index in [0.717, 1.165) is 11.1 Å². The van der Waals surface area contributed by atoms with E-state index in [-0.39, 0.29) is 18.1 Å². The number of aromatic carboxylic acids is 1. The average Bonchev–Trinajstić information content (AvgIpc) is 3.09. The molecule has 1 heterocycles. The first kappa shape index (κ1) is 15.8. The summed E-state index contributed by atoms with van der Waals surface area (Å²) in [6.45, 7) is 0.173. The van der Waals surface area contributed by atoms with Gasteiger partial charge in [0.1, 0.15) is 5.75 Å². The summed E-state index contributed by atoms with van der Waals surface area (Å²) < 4.78 is 10.6. The fraction of sp³-hybridized carbons (Fsp3) is 0.0500. The lowest BCUT2D eigenvalue weighted by Crippen LogP contribution is -2.03. The number of carboxylic acid groups (broad SMARTS) is 1. The van der Waals surface area contributed by atoms with Gasteiger partial charge in [0.05, 0.1) is 11.3 Å². The highest BCUT2D eigenvalue weighted by molar-refractivity contribution is 5.96. The number of ether oxygens (including phenoxy) is 2. The minimum atomic E-state index is -1.03. The number of hydrogen-bond donors (Lipinski definition) is 3. The number of carboxylic acids is 1. The molecule has 0 unspecified atom stereocenters. The molecule has 0 radical (unpaired) electrons. The highest BCUT2D eigenvalue weighted by Gasteiger charge is 2.16. The van der Waals surface area contributed by atoms with Crippen LogP contribution < -0.4 is 14.8 Å².